The van der Waals surface area contributed by atoms with Crippen molar-refractivity contribution < 1.29 is 28.4 Å². The Labute approximate surface area is 264 Å². The van der Waals surface area contributed by atoms with Crippen LogP contribution in [0.2, 0.25) is 0 Å². The van der Waals surface area contributed by atoms with Crippen molar-refractivity contribution in [3.8, 4) is 0 Å². The van der Waals surface area contributed by atoms with Crippen molar-refractivity contribution in [1.29, 1.82) is 0 Å². The molecule has 0 bridgehead atoms. The molecule has 9 heteroatoms. The quantitative estimate of drug-likeness (QED) is 0.0332. The maximum Gasteiger partial charge on any atom is 0.472 e. The van der Waals surface area contributed by atoms with Crippen LogP contribution in [-0.2, 0) is 18.4 Å². The number of phosphoric acid groups is 1. The van der Waals surface area contributed by atoms with Gasteiger partial charge in [0.15, 0.2) is 0 Å². The van der Waals surface area contributed by atoms with Crippen LogP contribution in [0.3, 0.4) is 0 Å². The topological polar surface area (TPSA) is 131 Å². The number of hydrogen-bond donors (Lipinski definition) is 4. The van der Waals surface area contributed by atoms with Crippen molar-refractivity contribution >= 4 is 13.7 Å². The lowest BCUT2D eigenvalue weighted by molar-refractivity contribution is -0.123. The van der Waals surface area contributed by atoms with Crippen LogP contribution in [0.25, 0.3) is 0 Å². The number of aliphatic hydroxyl groups excluding tert-OH is 1. The van der Waals surface area contributed by atoms with Crippen molar-refractivity contribution in [1.82, 2.24) is 5.32 Å². The first-order chi connectivity index (χ1) is 20.9. The SMILES string of the molecule is CCCCCCCC/C=C/C(O)C(COP(=O)(O)OCCN)NC(=O)CCCCCCC/C=C\CCCCCCCCC. The molecule has 0 aromatic carbocycles. The smallest absolute Gasteiger partial charge is 0.387 e. The Morgan fingerprint density at radius 2 is 1.21 bits per heavy atom. The van der Waals surface area contributed by atoms with Crippen LogP contribution in [0.4, 0.5) is 0 Å². The van der Waals surface area contributed by atoms with E-state index in [0.29, 0.717) is 6.42 Å². The number of hydrogen-bond acceptors (Lipinski definition) is 6. The molecular weight excluding hydrogens is 563 g/mol. The fourth-order valence-corrected chi connectivity index (χ4v) is 5.59. The summed E-state index contributed by atoms with van der Waals surface area (Å²) in [7, 11) is -4.32. The fourth-order valence-electron chi connectivity index (χ4n) is 4.83. The van der Waals surface area contributed by atoms with Gasteiger partial charge in [0, 0.05) is 13.0 Å². The van der Waals surface area contributed by atoms with Gasteiger partial charge >= 0.3 is 7.82 Å². The fraction of sp³-hybridized carbons (Fsp3) is 0.853. The van der Waals surface area contributed by atoms with Crippen LogP contribution in [0, 0.1) is 0 Å². The van der Waals surface area contributed by atoms with Gasteiger partial charge in [-0.05, 0) is 44.9 Å². The molecule has 0 radical (unpaired) electrons. The molecule has 3 atom stereocenters. The molecule has 0 fully saturated rings. The minimum absolute atomic E-state index is 0.0773. The minimum Gasteiger partial charge on any atom is -0.387 e. The molecule has 0 aliphatic rings. The molecule has 0 rings (SSSR count). The van der Waals surface area contributed by atoms with Gasteiger partial charge in [-0.25, -0.2) is 4.57 Å². The monoisotopic (exact) mass is 630 g/mol. The van der Waals surface area contributed by atoms with E-state index in [-0.39, 0.29) is 25.7 Å². The van der Waals surface area contributed by atoms with Crippen molar-refractivity contribution in [2.75, 3.05) is 19.8 Å². The molecule has 0 spiro atoms. The van der Waals surface area contributed by atoms with Crippen LogP contribution in [0.15, 0.2) is 24.3 Å². The van der Waals surface area contributed by atoms with Crippen LogP contribution in [-0.4, -0.2) is 47.8 Å². The highest BCUT2D eigenvalue weighted by atomic mass is 31.2. The first-order valence-electron chi connectivity index (χ1n) is 17.5. The summed E-state index contributed by atoms with van der Waals surface area (Å²) in [6, 6.07) is -0.858. The zero-order chi connectivity index (χ0) is 31.9. The number of phosphoric ester groups is 1. The molecule has 8 nitrogen and oxygen atoms in total. The van der Waals surface area contributed by atoms with Crippen molar-refractivity contribution in [2.24, 2.45) is 5.73 Å². The van der Waals surface area contributed by atoms with Gasteiger partial charge in [-0.2, -0.15) is 0 Å². The third-order valence-corrected chi connectivity index (χ3v) is 8.51. The van der Waals surface area contributed by atoms with E-state index in [1.807, 2.05) is 6.08 Å². The van der Waals surface area contributed by atoms with Gasteiger partial charge in [0.1, 0.15) is 0 Å². The Kier molecular flexibility index (Phi) is 30.2. The number of nitrogens with two attached hydrogens (primary N) is 1. The minimum atomic E-state index is -4.32. The number of rotatable bonds is 32. The summed E-state index contributed by atoms with van der Waals surface area (Å²) < 4.78 is 21.9. The molecule has 0 saturated heterocycles. The third-order valence-electron chi connectivity index (χ3n) is 7.52. The Hall–Kier alpha value is -1.02. The van der Waals surface area contributed by atoms with Gasteiger partial charge in [-0.1, -0.05) is 128 Å². The molecule has 0 aliphatic carbocycles. The first kappa shape index (κ1) is 42.0. The van der Waals surface area contributed by atoms with E-state index < -0.39 is 20.0 Å². The van der Waals surface area contributed by atoms with Gasteiger partial charge in [0.25, 0.3) is 0 Å². The van der Waals surface area contributed by atoms with E-state index >= 15 is 0 Å². The second-order valence-corrected chi connectivity index (χ2v) is 13.2. The molecule has 0 heterocycles. The number of carbonyl (C=O) groups is 1. The predicted octanol–water partition coefficient (Wildman–Crippen LogP) is 8.66. The molecular formula is C34H67N2O6P. The number of nitrogens with one attached hydrogen (secondary N) is 1. The molecule has 3 unspecified atom stereocenters. The predicted molar refractivity (Wildman–Crippen MR) is 180 cm³/mol. The summed E-state index contributed by atoms with van der Waals surface area (Å²) in [4.78, 5) is 22.5. The largest absolute Gasteiger partial charge is 0.472 e. The number of allylic oxidation sites excluding steroid dienone is 3. The lowest BCUT2D eigenvalue weighted by atomic mass is 10.1. The molecule has 43 heavy (non-hydrogen) atoms. The van der Waals surface area contributed by atoms with E-state index in [2.05, 4.69) is 31.3 Å². The zero-order valence-corrected chi connectivity index (χ0v) is 28.6. The molecule has 254 valence electrons. The van der Waals surface area contributed by atoms with E-state index in [1.54, 1.807) is 6.08 Å². The number of amides is 1. The van der Waals surface area contributed by atoms with Gasteiger partial charge in [-0.15, -0.1) is 0 Å². The van der Waals surface area contributed by atoms with Gasteiger partial charge in [0.05, 0.1) is 25.4 Å². The van der Waals surface area contributed by atoms with Crippen LogP contribution >= 0.6 is 7.82 Å². The zero-order valence-electron chi connectivity index (χ0n) is 27.7. The normalized spacial score (nSPS) is 14.8. The number of aliphatic hydroxyl groups is 1. The van der Waals surface area contributed by atoms with E-state index in [1.165, 1.54) is 83.5 Å². The second-order valence-electron chi connectivity index (χ2n) is 11.7. The van der Waals surface area contributed by atoms with E-state index in [9.17, 15) is 19.4 Å². The van der Waals surface area contributed by atoms with Crippen LogP contribution in [0.1, 0.15) is 155 Å². The van der Waals surface area contributed by atoms with Crippen molar-refractivity contribution in [2.45, 2.75) is 167 Å². The maximum atomic E-state index is 12.6. The number of unbranched alkanes of at least 4 members (excludes halogenated alkanes) is 18. The average Bonchev–Trinajstić information content (AvgIpc) is 2.99. The summed E-state index contributed by atoms with van der Waals surface area (Å²) >= 11 is 0. The Morgan fingerprint density at radius 3 is 1.72 bits per heavy atom. The van der Waals surface area contributed by atoms with Crippen molar-refractivity contribution in [3.63, 3.8) is 0 Å². The highest BCUT2D eigenvalue weighted by Crippen LogP contribution is 2.43. The maximum absolute atomic E-state index is 12.6. The Morgan fingerprint density at radius 1 is 0.744 bits per heavy atom. The first-order valence-corrected chi connectivity index (χ1v) is 19.0. The standard InChI is InChI=1S/C34H67N2O6P/c1-3-5-7-9-11-13-14-15-16-17-18-19-20-22-24-26-28-34(38)36-32(31-42-43(39,40)41-30-29-35)33(37)27-25-23-21-12-10-8-6-4-2/h16-17,25,27,32-33,37H,3-15,18-24,26,28-31,35H2,1-2H3,(H,36,38)(H,39,40)/b17-16-,27-25+. The molecule has 0 aliphatic heterocycles. The molecule has 0 aromatic heterocycles. The summed E-state index contributed by atoms with van der Waals surface area (Å²) in [5.74, 6) is -0.207. The summed E-state index contributed by atoms with van der Waals surface area (Å²) in [6.07, 6.45) is 32.3. The Bertz CT molecular complexity index is 734. The summed E-state index contributed by atoms with van der Waals surface area (Å²) in [5.41, 5.74) is 5.33. The Balaban J connectivity index is 4.28. The lowest BCUT2D eigenvalue weighted by Crippen LogP contribution is -2.45. The third kappa shape index (κ3) is 29.5. The highest BCUT2D eigenvalue weighted by molar-refractivity contribution is 7.47. The van der Waals surface area contributed by atoms with Gasteiger partial charge < -0.3 is 21.1 Å². The van der Waals surface area contributed by atoms with Gasteiger partial charge in [0.2, 0.25) is 5.91 Å². The average molecular weight is 631 g/mol. The summed E-state index contributed by atoms with van der Waals surface area (Å²) in [6.45, 7) is 4.06. The van der Waals surface area contributed by atoms with E-state index in [0.717, 1.165) is 51.4 Å². The van der Waals surface area contributed by atoms with Crippen molar-refractivity contribution in [3.05, 3.63) is 24.3 Å². The van der Waals surface area contributed by atoms with Crippen LogP contribution < -0.4 is 11.1 Å². The lowest BCUT2D eigenvalue weighted by Gasteiger charge is -2.23. The second kappa shape index (κ2) is 31.0. The summed E-state index contributed by atoms with van der Waals surface area (Å²) in [5, 5.41) is 13.5. The molecule has 0 saturated carbocycles. The van der Waals surface area contributed by atoms with Gasteiger partial charge in [-0.3, -0.25) is 13.8 Å². The molecule has 5 N–H and O–H groups in total. The van der Waals surface area contributed by atoms with Crippen LogP contribution in [0.5, 0.6) is 0 Å². The van der Waals surface area contributed by atoms with E-state index in [4.69, 9.17) is 14.8 Å². The molecule has 1 amide bonds. The number of carbonyl (C=O) groups excluding carboxylic acids is 1. The molecule has 0 aromatic rings. The highest BCUT2D eigenvalue weighted by Gasteiger charge is 2.26.